The van der Waals surface area contributed by atoms with Crippen LogP contribution in [0.25, 0.3) is 6.08 Å². The summed E-state index contributed by atoms with van der Waals surface area (Å²) in [5, 5.41) is 13.7. The van der Waals surface area contributed by atoms with Gasteiger partial charge < -0.3 is 10.4 Å². The molecule has 2 N–H and O–H groups in total. The van der Waals surface area contributed by atoms with E-state index in [1.54, 1.807) is 0 Å². The van der Waals surface area contributed by atoms with Crippen LogP contribution in [0.2, 0.25) is 0 Å². The van der Waals surface area contributed by atoms with Crippen molar-refractivity contribution in [2.45, 2.75) is 25.5 Å². The third-order valence-corrected chi connectivity index (χ3v) is 4.02. The molecule has 21 heavy (non-hydrogen) atoms. The number of hydrogen-bond donors (Lipinski definition) is 2. The molecule has 0 radical (unpaired) electrons. The zero-order chi connectivity index (χ0) is 14.7. The van der Waals surface area contributed by atoms with Gasteiger partial charge in [-0.05, 0) is 23.6 Å². The second-order valence-corrected chi connectivity index (χ2v) is 5.73. The molecule has 2 aromatic rings. The number of nitrogens with one attached hydrogen (secondary N) is 1. The first-order valence-electron chi connectivity index (χ1n) is 7.45. The van der Waals surface area contributed by atoms with Gasteiger partial charge >= 0.3 is 0 Å². The molecule has 0 fully saturated rings. The quantitative estimate of drug-likeness (QED) is 0.899. The molecule has 2 heteroatoms. The van der Waals surface area contributed by atoms with E-state index < -0.39 is 0 Å². The van der Waals surface area contributed by atoms with Crippen LogP contribution in [-0.2, 0) is 6.42 Å². The van der Waals surface area contributed by atoms with Crippen LogP contribution in [-0.4, -0.2) is 17.8 Å². The van der Waals surface area contributed by atoms with Crippen molar-refractivity contribution >= 4 is 6.08 Å². The Hall–Kier alpha value is -1.90. The molecule has 0 unspecified atom stereocenters. The van der Waals surface area contributed by atoms with Crippen molar-refractivity contribution in [1.82, 2.24) is 5.32 Å². The Morgan fingerprint density at radius 2 is 1.86 bits per heavy atom. The fourth-order valence-electron chi connectivity index (χ4n) is 2.98. The van der Waals surface area contributed by atoms with Gasteiger partial charge in [0.2, 0.25) is 0 Å². The fraction of sp³-hybridized carbons (Fsp3) is 0.263. The van der Waals surface area contributed by atoms with Gasteiger partial charge in [0.05, 0.1) is 12.1 Å². The molecular formula is C19H21NO. The second-order valence-electron chi connectivity index (χ2n) is 5.73. The maximum absolute atomic E-state index is 10.2. The fourth-order valence-corrected chi connectivity index (χ4v) is 2.98. The van der Waals surface area contributed by atoms with Crippen molar-refractivity contribution < 1.29 is 5.11 Å². The normalized spacial score (nSPS) is 21.3. The van der Waals surface area contributed by atoms with Gasteiger partial charge in [-0.25, -0.2) is 0 Å². The highest BCUT2D eigenvalue weighted by molar-refractivity contribution is 5.52. The van der Waals surface area contributed by atoms with E-state index in [1.165, 1.54) is 22.3 Å². The molecule has 0 aromatic heterocycles. The molecule has 108 valence electrons. The predicted molar refractivity (Wildman–Crippen MR) is 87.0 cm³/mol. The van der Waals surface area contributed by atoms with Gasteiger partial charge in [-0.2, -0.15) is 0 Å². The lowest BCUT2D eigenvalue weighted by molar-refractivity contribution is 0.143. The molecule has 2 atom stereocenters. The molecule has 0 saturated carbocycles. The lowest BCUT2D eigenvalue weighted by Gasteiger charge is -2.18. The van der Waals surface area contributed by atoms with Crippen molar-refractivity contribution in [3.05, 3.63) is 76.9 Å². The van der Waals surface area contributed by atoms with Crippen molar-refractivity contribution in [3.8, 4) is 0 Å². The lowest BCUT2D eigenvalue weighted by Crippen LogP contribution is -2.29. The van der Waals surface area contributed by atoms with Crippen LogP contribution < -0.4 is 5.32 Å². The number of benzene rings is 2. The van der Waals surface area contributed by atoms with E-state index in [-0.39, 0.29) is 12.1 Å². The minimum Gasteiger partial charge on any atom is -0.391 e. The Labute approximate surface area is 126 Å². The van der Waals surface area contributed by atoms with Crippen LogP contribution in [0.4, 0.5) is 0 Å². The van der Waals surface area contributed by atoms with E-state index in [9.17, 15) is 5.11 Å². The summed E-state index contributed by atoms with van der Waals surface area (Å²) in [6.45, 7) is 2.90. The number of fused-ring (bicyclic) bond motifs is 1. The lowest BCUT2D eigenvalue weighted by atomic mass is 10.1. The third kappa shape index (κ3) is 3.23. The van der Waals surface area contributed by atoms with Crippen LogP contribution >= 0.6 is 0 Å². The topological polar surface area (TPSA) is 32.3 Å². The molecule has 0 bridgehead atoms. The van der Waals surface area contributed by atoms with E-state index in [1.807, 2.05) is 30.3 Å². The Balaban J connectivity index is 1.67. The second kappa shape index (κ2) is 6.25. The van der Waals surface area contributed by atoms with Crippen LogP contribution in [0, 0.1) is 0 Å². The molecule has 2 aromatic carbocycles. The van der Waals surface area contributed by atoms with Crippen molar-refractivity contribution in [1.29, 1.82) is 0 Å². The Morgan fingerprint density at radius 3 is 2.67 bits per heavy atom. The maximum Gasteiger partial charge on any atom is 0.0775 e. The van der Waals surface area contributed by atoms with Crippen LogP contribution in [0.5, 0.6) is 0 Å². The van der Waals surface area contributed by atoms with E-state index in [2.05, 4.69) is 42.6 Å². The molecule has 0 spiro atoms. The summed E-state index contributed by atoms with van der Waals surface area (Å²) in [6, 6.07) is 18.6. The van der Waals surface area contributed by atoms with Gasteiger partial charge in [0.25, 0.3) is 0 Å². The highest BCUT2D eigenvalue weighted by Crippen LogP contribution is 2.31. The summed E-state index contributed by atoms with van der Waals surface area (Å²) in [4.78, 5) is 0. The van der Waals surface area contributed by atoms with E-state index >= 15 is 0 Å². The SMILES string of the molecule is C/C(=C/c1ccccc1)CN[C@@H]1c2ccccc2C[C@@H]1O. The molecule has 1 aliphatic rings. The molecule has 0 aliphatic heterocycles. The van der Waals surface area contributed by atoms with Gasteiger partial charge in [-0.15, -0.1) is 0 Å². The van der Waals surface area contributed by atoms with Crippen LogP contribution in [0.3, 0.4) is 0 Å². The van der Waals surface area contributed by atoms with Gasteiger partial charge in [-0.3, -0.25) is 0 Å². The largest absolute Gasteiger partial charge is 0.391 e. The first-order chi connectivity index (χ1) is 10.2. The average Bonchev–Trinajstić information content (AvgIpc) is 2.81. The molecule has 0 heterocycles. The molecule has 3 rings (SSSR count). The Morgan fingerprint density at radius 1 is 1.14 bits per heavy atom. The van der Waals surface area contributed by atoms with Crippen LogP contribution in [0.15, 0.2) is 60.2 Å². The first kappa shape index (κ1) is 14.1. The van der Waals surface area contributed by atoms with Gasteiger partial charge in [0, 0.05) is 13.0 Å². The molecule has 1 aliphatic carbocycles. The zero-order valence-electron chi connectivity index (χ0n) is 12.3. The first-order valence-corrected chi connectivity index (χ1v) is 7.45. The standard InChI is InChI=1S/C19H21NO/c1-14(11-15-7-3-2-4-8-15)13-20-19-17-10-6-5-9-16(17)12-18(19)21/h2-11,18-21H,12-13H2,1H3/b14-11-/t18-,19+/m0/s1. The smallest absolute Gasteiger partial charge is 0.0775 e. The maximum atomic E-state index is 10.2. The number of rotatable bonds is 4. The number of aliphatic hydroxyl groups excluding tert-OH is 1. The molecule has 0 amide bonds. The van der Waals surface area contributed by atoms with Crippen molar-refractivity contribution in [2.75, 3.05) is 6.54 Å². The summed E-state index contributed by atoms with van der Waals surface area (Å²) in [5.41, 5.74) is 4.96. The summed E-state index contributed by atoms with van der Waals surface area (Å²) in [6.07, 6.45) is 2.60. The minimum atomic E-state index is -0.327. The summed E-state index contributed by atoms with van der Waals surface area (Å²) in [5.74, 6) is 0. The summed E-state index contributed by atoms with van der Waals surface area (Å²) >= 11 is 0. The monoisotopic (exact) mass is 279 g/mol. The molecular weight excluding hydrogens is 258 g/mol. The molecule has 2 nitrogen and oxygen atoms in total. The molecule has 0 saturated heterocycles. The number of hydrogen-bond acceptors (Lipinski definition) is 2. The van der Waals surface area contributed by atoms with E-state index in [0.29, 0.717) is 0 Å². The highest BCUT2D eigenvalue weighted by Gasteiger charge is 2.29. The number of aliphatic hydroxyl groups is 1. The zero-order valence-corrected chi connectivity index (χ0v) is 12.3. The average molecular weight is 279 g/mol. The highest BCUT2D eigenvalue weighted by atomic mass is 16.3. The summed E-state index contributed by atoms with van der Waals surface area (Å²) < 4.78 is 0. The van der Waals surface area contributed by atoms with Gasteiger partial charge in [-0.1, -0.05) is 66.2 Å². The third-order valence-electron chi connectivity index (χ3n) is 4.02. The van der Waals surface area contributed by atoms with Crippen molar-refractivity contribution in [2.24, 2.45) is 0 Å². The Kier molecular flexibility index (Phi) is 4.18. The van der Waals surface area contributed by atoms with Crippen molar-refractivity contribution in [3.63, 3.8) is 0 Å². The van der Waals surface area contributed by atoms with Gasteiger partial charge in [0.15, 0.2) is 0 Å². The van der Waals surface area contributed by atoms with Gasteiger partial charge in [0.1, 0.15) is 0 Å². The van der Waals surface area contributed by atoms with E-state index in [0.717, 1.165) is 13.0 Å². The summed E-state index contributed by atoms with van der Waals surface area (Å²) in [7, 11) is 0. The van der Waals surface area contributed by atoms with Crippen LogP contribution in [0.1, 0.15) is 29.7 Å². The predicted octanol–water partition coefficient (Wildman–Crippen LogP) is 3.34. The van der Waals surface area contributed by atoms with E-state index in [4.69, 9.17) is 0 Å². The minimum absolute atomic E-state index is 0.0420. The Bertz CT molecular complexity index is 633.